The van der Waals surface area contributed by atoms with Gasteiger partial charge in [0.05, 0.1) is 33.9 Å². The van der Waals surface area contributed by atoms with Crippen LogP contribution in [0.15, 0.2) is 72.8 Å². The normalized spacial score (nSPS) is 12.0. The summed E-state index contributed by atoms with van der Waals surface area (Å²) in [5.74, 6) is -1.96. The van der Waals surface area contributed by atoms with Crippen molar-refractivity contribution in [1.29, 1.82) is 0 Å². The second-order valence-corrected chi connectivity index (χ2v) is 14.1. The average Bonchev–Trinajstić information content (AvgIpc) is 4.02. The Morgan fingerprint density at radius 3 is 1.24 bits per heavy atom. The monoisotopic (exact) mass is 718 g/mol. The number of fused-ring (bicyclic) bond motifs is 8. The number of carboxylic acids is 2. The number of unbranched alkanes of at least 4 members (excludes halogenated alkanes) is 6. The Morgan fingerprint density at radius 1 is 0.481 bits per heavy atom. The van der Waals surface area contributed by atoms with Crippen molar-refractivity contribution in [2.24, 2.45) is 0 Å². The van der Waals surface area contributed by atoms with Gasteiger partial charge in [-0.3, -0.25) is 0 Å². The molecule has 274 valence electrons. The maximum Gasteiger partial charge on any atom is 0.335 e. The summed E-state index contributed by atoms with van der Waals surface area (Å²) in [6, 6.07) is 22.2. The first-order chi connectivity index (χ1) is 26.3. The van der Waals surface area contributed by atoms with Crippen LogP contribution in [0.1, 0.15) is 120 Å². The minimum absolute atomic E-state index is 0.209. The van der Waals surface area contributed by atoms with Crippen molar-refractivity contribution >= 4 is 58.3 Å². The molecule has 4 N–H and O–H groups in total. The minimum Gasteiger partial charge on any atom is -0.478 e. The van der Waals surface area contributed by atoms with Crippen LogP contribution in [0.5, 0.6) is 0 Å². The van der Waals surface area contributed by atoms with Gasteiger partial charge in [0.25, 0.3) is 0 Å². The van der Waals surface area contributed by atoms with Crippen LogP contribution in [0.3, 0.4) is 0 Å². The third kappa shape index (κ3) is 7.69. The van der Waals surface area contributed by atoms with E-state index in [9.17, 15) is 19.8 Å². The lowest BCUT2D eigenvalue weighted by Gasteiger charge is -2.07. The van der Waals surface area contributed by atoms with Gasteiger partial charge in [0.2, 0.25) is 0 Å². The molecule has 3 aromatic heterocycles. The first-order valence-electron chi connectivity index (χ1n) is 19.2. The molecule has 2 aromatic carbocycles. The molecule has 8 nitrogen and oxygen atoms in total. The summed E-state index contributed by atoms with van der Waals surface area (Å²) in [5.41, 5.74) is 13.2. The maximum atomic E-state index is 11.8. The third-order valence-corrected chi connectivity index (χ3v) is 10.4. The van der Waals surface area contributed by atoms with Gasteiger partial charge in [-0.05, 0) is 110 Å². The van der Waals surface area contributed by atoms with E-state index < -0.39 is 11.9 Å². The van der Waals surface area contributed by atoms with Crippen LogP contribution in [0.25, 0.3) is 68.6 Å². The van der Waals surface area contributed by atoms with Crippen molar-refractivity contribution in [3.8, 4) is 22.3 Å². The van der Waals surface area contributed by atoms with Crippen molar-refractivity contribution in [1.82, 2.24) is 19.9 Å². The maximum absolute atomic E-state index is 11.8. The number of hydrogen-bond acceptors (Lipinski definition) is 4. The molecular weight excluding hydrogens is 673 g/mol. The number of rotatable bonds is 14. The number of aromatic carboxylic acids is 2. The number of H-pyrrole nitrogens is 2. The molecule has 0 atom stereocenters. The van der Waals surface area contributed by atoms with Crippen molar-refractivity contribution in [3.05, 3.63) is 118 Å². The fraction of sp³-hybridized carbons (Fsp3) is 0.261. The first kappa shape index (κ1) is 36.3. The molecule has 0 radical (unpaired) electrons. The first-order valence-corrected chi connectivity index (χ1v) is 19.2. The number of carbonyl (C=O) groups is 2. The largest absolute Gasteiger partial charge is 0.478 e. The lowest BCUT2D eigenvalue weighted by Crippen LogP contribution is -1.96. The van der Waals surface area contributed by atoms with Crippen molar-refractivity contribution in [2.45, 2.75) is 78.1 Å². The molecule has 5 heterocycles. The number of carboxylic acid groups (broad SMARTS) is 2. The zero-order chi connectivity index (χ0) is 37.6. The van der Waals surface area contributed by atoms with E-state index >= 15 is 0 Å². The van der Waals surface area contributed by atoms with Crippen molar-refractivity contribution < 1.29 is 19.8 Å². The van der Waals surface area contributed by atoms with Crippen LogP contribution in [0.2, 0.25) is 0 Å². The quantitative estimate of drug-likeness (QED) is 0.0828. The zero-order valence-corrected chi connectivity index (χ0v) is 30.9. The van der Waals surface area contributed by atoms with Gasteiger partial charge < -0.3 is 20.2 Å². The number of nitrogens with one attached hydrogen (secondary N) is 2. The van der Waals surface area contributed by atoms with Crippen molar-refractivity contribution in [3.63, 3.8) is 0 Å². The smallest absolute Gasteiger partial charge is 0.335 e. The van der Waals surface area contributed by atoms with E-state index in [1.54, 1.807) is 24.3 Å². The van der Waals surface area contributed by atoms with Crippen LogP contribution >= 0.6 is 0 Å². The van der Waals surface area contributed by atoms with Crippen LogP contribution in [0.4, 0.5) is 0 Å². The van der Waals surface area contributed by atoms with E-state index in [0.29, 0.717) is 0 Å². The summed E-state index contributed by atoms with van der Waals surface area (Å²) >= 11 is 0. The Morgan fingerprint density at radius 2 is 0.852 bits per heavy atom. The Kier molecular flexibility index (Phi) is 11.0. The van der Waals surface area contributed by atoms with E-state index in [1.807, 2.05) is 36.4 Å². The number of hydrogen-bond donors (Lipinski definition) is 4. The highest BCUT2D eigenvalue weighted by atomic mass is 16.4. The number of aryl methyl sites for hydroxylation is 2. The van der Waals surface area contributed by atoms with Crippen LogP contribution in [-0.4, -0.2) is 42.1 Å². The SMILES string of the molecule is CCCCCCc1c2nc(c(-c3ccc(C(=O)O)cc3)c3ccc([nH]3)c(-c3ccc(C(=O)O)cc3)c3nc(c(CCCCCC)c4ccc1[nH]4)C=C3)C=C2. The van der Waals surface area contributed by atoms with Gasteiger partial charge >= 0.3 is 11.9 Å². The molecular formula is C46H46N4O4. The second kappa shape index (κ2) is 16.3. The zero-order valence-electron chi connectivity index (χ0n) is 30.9. The summed E-state index contributed by atoms with van der Waals surface area (Å²) in [6.45, 7) is 4.45. The topological polar surface area (TPSA) is 132 Å². The molecule has 0 aliphatic carbocycles. The molecule has 8 bridgehead atoms. The van der Waals surface area contributed by atoms with Crippen LogP contribution < -0.4 is 0 Å². The van der Waals surface area contributed by atoms with Gasteiger partial charge in [-0.25, -0.2) is 19.6 Å². The van der Waals surface area contributed by atoms with E-state index in [4.69, 9.17) is 9.97 Å². The van der Waals surface area contributed by atoms with E-state index in [-0.39, 0.29) is 11.1 Å². The highest BCUT2D eigenvalue weighted by Gasteiger charge is 2.18. The second-order valence-electron chi connectivity index (χ2n) is 14.1. The predicted octanol–water partition coefficient (Wildman–Crippen LogP) is 11.6. The van der Waals surface area contributed by atoms with Gasteiger partial charge in [0.1, 0.15) is 0 Å². The molecule has 2 aliphatic rings. The molecule has 54 heavy (non-hydrogen) atoms. The Labute approximate surface area is 315 Å². The van der Waals surface area contributed by atoms with E-state index in [2.05, 4.69) is 60.3 Å². The fourth-order valence-corrected chi connectivity index (χ4v) is 7.47. The molecule has 2 aliphatic heterocycles. The number of aromatic amines is 2. The molecule has 0 fully saturated rings. The average molecular weight is 719 g/mol. The fourth-order valence-electron chi connectivity index (χ4n) is 7.47. The van der Waals surface area contributed by atoms with E-state index in [1.165, 1.54) is 24.0 Å². The molecule has 0 spiro atoms. The van der Waals surface area contributed by atoms with Crippen LogP contribution in [0, 0.1) is 0 Å². The number of nitrogens with zero attached hydrogens (tertiary/aromatic N) is 2. The molecule has 5 aromatic rings. The molecule has 0 saturated carbocycles. The standard InChI is InChI=1S/C46H46N4O4/c1-3-5-7-9-11-33-35-21-22-36(47-35)34(12-10-8-6-4-2)38-24-26-40(49-38)44(30-15-19-32(20-16-30)46(53)54)42-28-27-41(50-42)43(39-25-23-37(33)48-39)29-13-17-31(18-14-29)45(51)52/h13-28,47,50H,3-12H2,1-2H3,(H,51,52)(H,53,54). The Hall–Kier alpha value is -6.02. The minimum atomic E-state index is -0.982. The van der Waals surface area contributed by atoms with Gasteiger partial charge in [0.15, 0.2) is 0 Å². The molecule has 8 heteroatoms. The van der Waals surface area contributed by atoms with Crippen LogP contribution in [-0.2, 0) is 12.8 Å². The van der Waals surface area contributed by atoms with Crippen molar-refractivity contribution in [2.75, 3.05) is 0 Å². The summed E-state index contributed by atoms with van der Waals surface area (Å²) in [5, 5.41) is 19.3. The molecule has 7 rings (SSSR count). The summed E-state index contributed by atoms with van der Waals surface area (Å²) in [7, 11) is 0. The molecule has 0 saturated heterocycles. The van der Waals surface area contributed by atoms with Gasteiger partial charge in [-0.1, -0.05) is 76.6 Å². The summed E-state index contributed by atoms with van der Waals surface area (Å²) in [4.78, 5) is 41.6. The Balaban J connectivity index is 1.56. The number of aromatic nitrogens is 4. The Bertz CT molecular complexity index is 2250. The third-order valence-electron chi connectivity index (χ3n) is 10.4. The lowest BCUT2D eigenvalue weighted by molar-refractivity contribution is 0.0686. The van der Waals surface area contributed by atoms with Gasteiger partial charge in [0, 0.05) is 44.3 Å². The molecule has 0 unspecified atom stereocenters. The summed E-state index contributed by atoms with van der Waals surface area (Å²) in [6.07, 6.45) is 19.2. The van der Waals surface area contributed by atoms with Gasteiger partial charge in [-0.15, -0.1) is 0 Å². The van der Waals surface area contributed by atoms with Gasteiger partial charge in [-0.2, -0.15) is 0 Å². The lowest BCUT2D eigenvalue weighted by atomic mass is 10.0. The highest BCUT2D eigenvalue weighted by molar-refractivity contribution is 5.97. The molecule has 0 amide bonds. The number of benzene rings is 2. The highest BCUT2D eigenvalue weighted by Crippen LogP contribution is 2.35. The predicted molar refractivity (Wildman–Crippen MR) is 219 cm³/mol. The summed E-state index contributed by atoms with van der Waals surface area (Å²) < 4.78 is 0. The van der Waals surface area contributed by atoms with E-state index in [0.717, 1.165) is 118 Å².